The van der Waals surface area contributed by atoms with Crippen molar-refractivity contribution in [1.82, 2.24) is 9.62 Å². The number of carbonyl (C=O) groups excluding carboxylic acids is 1. The maximum atomic E-state index is 13.0. The van der Waals surface area contributed by atoms with Crippen LogP contribution in [0.2, 0.25) is 0 Å². The number of aliphatic imine (C=N–C) groups is 1. The molecule has 1 amide bonds. The fourth-order valence-electron chi connectivity index (χ4n) is 4.65. The lowest BCUT2D eigenvalue weighted by Crippen LogP contribution is -2.50. The number of nitrogens with one attached hydrogen (secondary N) is 2. The molecule has 176 valence electrons. The molecule has 32 heavy (non-hydrogen) atoms. The Morgan fingerprint density at radius 3 is 2.44 bits per heavy atom. The SMILES string of the molecule is C=CCCCCC1=NC2(CCN(S(=O)(=O)CCc3c(C)cc(NC)cc3C)CC2)C(=O)N1. The van der Waals surface area contributed by atoms with Crippen molar-refractivity contribution in [1.29, 1.82) is 0 Å². The van der Waals surface area contributed by atoms with Crippen molar-refractivity contribution in [3.8, 4) is 0 Å². The van der Waals surface area contributed by atoms with Gasteiger partial charge in [0.05, 0.1) is 5.75 Å². The molecule has 0 aliphatic carbocycles. The monoisotopic (exact) mass is 460 g/mol. The molecule has 2 N–H and O–H groups in total. The molecule has 1 aromatic carbocycles. The van der Waals surface area contributed by atoms with Gasteiger partial charge in [0.25, 0.3) is 5.91 Å². The third kappa shape index (κ3) is 5.41. The van der Waals surface area contributed by atoms with E-state index in [-0.39, 0.29) is 11.7 Å². The van der Waals surface area contributed by atoms with Crippen molar-refractivity contribution in [3.05, 3.63) is 41.5 Å². The van der Waals surface area contributed by atoms with Crippen molar-refractivity contribution in [2.75, 3.05) is 31.2 Å². The van der Waals surface area contributed by atoms with Gasteiger partial charge in [-0.15, -0.1) is 6.58 Å². The van der Waals surface area contributed by atoms with E-state index in [1.165, 1.54) is 4.31 Å². The summed E-state index contributed by atoms with van der Waals surface area (Å²) >= 11 is 0. The summed E-state index contributed by atoms with van der Waals surface area (Å²) in [6, 6.07) is 4.09. The highest BCUT2D eigenvalue weighted by Gasteiger charge is 2.47. The molecule has 1 saturated heterocycles. The van der Waals surface area contributed by atoms with Crippen LogP contribution in [0.3, 0.4) is 0 Å². The Morgan fingerprint density at radius 1 is 1.19 bits per heavy atom. The Balaban J connectivity index is 1.59. The van der Waals surface area contributed by atoms with Crippen LogP contribution in [-0.4, -0.2) is 55.9 Å². The largest absolute Gasteiger partial charge is 0.388 e. The summed E-state index contributed by atoms with van der Waals surface area (Å²) in [5.41, 5.74) is 3.51. The number of carbonyl (C=O) groups is 1. The molecule has 8 heteroatoms. The smallest absolute Gasteiger partial charge is 0.253 e. The highest BCUT2D eigenvalue weighted by molar-refractivity contribution is 7.89. The van der Waals surface area contributed by atoms with Crippen LogP contribution in [-0.2, 0) is 21.2 Å². The third-order valence-electron chi connectivity index (χ3n) is 6.64. The van der Waals surface area contributed by atoms with E-state index in [9.17, 15) is 13.2 Å². The highest BCUT2D eigenvalue weighted by Crippen LogP contribution is 2.32. The zero-order valence-corrected chi connectivity index (χ0v) is 20.4. The molecule has 2 heterocycles. The summed E-state index contributed by atoms with van der Waals surface area (Å²) in [4.78, 5) is 17.3. The second-order valence-corrected chi connectivity index (χ2v) is 11.0. The topological polar surface area (TPSA) is 90.9 Å². The summed E-state index contributed by atoms with van der Waals surface area (Å²) < 4.78 is 27.6. The number of sulfonamides is 1. The molecule has 0 radical (unpaired) electrons. The summed E-state index contributed by atoms with van der Waals surface area (Å²) in [6.45, 7) is 8.43. The van der Waals surface area contributed by atoms with Gasteiger partial charge in [-0.1, -0.05) is 6.08 Å². The molecule has 0 unspecified atom stereocenters. The van der Waals surface area contributed by atoms with Crippen LogP contribution in [0.15, 0.2) is 29.8 Å². The maximum absolute atomic E-state index is 13.0. The molecule has 2 aliphatic heterocycles. The lowest BCUT2D eigenvalue weighted by molar-refractivity contribution is -0.124. The molecule has 0 bridgehead atoms. The molecule has 0 aromatic heterocycles. The van der Waals surface area contributed by atoms with Gasteiger partial charge < -0.3 is 10.6 Å². The lowest BCUT2D eigenvalue weighted by atomic mass is 9.89. The van der Waals surface area contributed by atoms with Gasteiger partial charge in [0.1, 0.15) is 11.4 Å². The molecule has 3 rings (SSSR count). The van der Waals surface area contributed by atoms with E-state index in [0.717, 1.165) is 53.9 Å². The molecule has 0 atom stereocenters. The van der Waals surface area contributed by atoms with Crippen molar-refractivity contribution in [2.45, 2.75) is 64.3 Å². The Morgan fingerprint density at radius 2 is 1.84 bits per heavy atom. The average molecular weight is 461 g/mol. The lowest BCUT2D eigenvalue weighted by Gasteiger charge is -2.34. The van der Waals surface area contributed by atoms with Crippen LogP contribution in [0.4, 0.5) is 5.69 Å². The molecule has 2 aliphatic rings. The number of amides is 1. The molecular formula is C24H36N4O3S. The normalized spacial score (nSPS) is 18.5. The summed E-state index contributed by atoms with van der Waals surface area (Å²) in [5, 5.41) is 6.06. The second-order valence-electron chi connectivity index (χ2n) is 8.88. The Bertz CT molecular complexity index is 969. The summed E-state index contributed by atoms with van der Waals surface area (Å²) in [7, 11) is -1.52. The van der Waals surface area contributed by atoms with E-state index in [4.69, 9.17) is 4.99 Å². The number of hydrogen-bond acceptors (Lipinski definition) is 5. The first-order chi connectivity index (χ1) is 15.2. The maximum Gasteiger partial charge on any atom is 0.253 e. The third-order valence-corrected chi connectivity index (χ3v) is 8.51. The van der Waals surface area contributed by atoms with E-state index in [1.807, 2.05) is 39.1 Å². The number of allylic oxidation sites excluding steroid dienone is 1. The molecule has 1 fully saturated rings. The second kappa shape index (κ2) is 10.2. The van der Waals surface area contributed by atoms with Gasteiger partial charge in [-0.2, -0.15) is 0 Å². The van der Waals surface area contributed by atoms with Crippen molar-refractivity contribution >= 4 is 27.5 Å². The zero-order chi connectivity index (χ0) is 23.4. The number of nitrogens with zero attached hydrogens (tertiary/aromatic N) is 2. The van der Waals surface area contributed by atoms with Crippen molar-refractivity contribution < 1.29 is 13.2 Å². The van der Waals surface area contributed by atoms with Crippen molar-refractivity contribution in [2.24, 2.45) is 4.99 Å². The van der Waals surface area contributed by atoms with Crippen LogP contribution in [0.5, 0.6) is 0 Å². The predicted molar refractivity (Wildman–Crippen MR) is 131 cm³/mol. The van der Waals surface area contributed by atoms with Crippen LogP contribution < -0.4 is 10.6 Å². The van der Waals surface area contributed by atoms with Gasteiger partial charge in [0, 0.05) is 32.2 Å². The van der Waals surface area contributed by atoms with Gasteiger partial charge in [-0.3, -0.25) is 9.79 Å². The quantitative estimate of drug-likeness (QED) is 0.414. The first-order valence-corrected chi connectivity index (χ1v) is 13.1. The van der Waals surface area contributed by atoms with E-state index in [1.54, 1.807) is 0 Å². The van der Waals surface area contributed by atoms with Gasteiger partial charge in [0.2, 0.25) is 10.0 Å². The van der Waals surface area contributed by atoms with E-state index < -0.39 is 15.6 Å². The molecule has 0 saturated carbocycles. The van der Waals surface area contributed by atoms with Crippen LogP contribution in [0.25, 0.3) is 0 Å². The minimum atomic E-state index is -3.40. The number of rotatable bonds is 10. The fourth-order valence-corrected chi connectivity index (χ4v) is 6.11. The first kappa shape index (κ1) is 24.5. The van der Waals surface area contributed by atoms with E-state index in [2.05, 4.69) is 17.2 Å². The number of piperidine rings is 1. The fraction of sp³-hybridized carbons (Fsp3) is 0.583. The molecule has 1 aromatic rings. The molecule has 7 nitrogen and oxygen atoms in total. The van der Waals surface area contributed by atoms with Gasteiger partial charge in [0.15, 0.2) is 0 Å². The van der Waals surface area contributed by atoms with E-state index >= 15 is 0 Å². The molecule has 1 spiro atoms. The Hall–Kier alpha value is -2.19. The number of anilines is 1. The van der Waals surface area contributed by atoms with Gasteiger partial charge >= 0.3 is 0 Å². The predicted octanol–water partition coefficient (Wildman–Crippen LogP) is 3.33. The number of benzene rings is 1. The highest BCUT2D eigenvalue weighted by atomic mass is 32.2. The zero-order valence-electron chi connectivity index (χ0n) is 19.5. The first-order valence-electron chi connectivity index (χ1n) is 11.5. The molecular weight excluding hydrogens is 424 g/mol. The van der Waals surface area contributed by atoms with Crippen molar-refractivity contribution in [3.63, 3.8) is 0 Å². The number of amidine groups is 1. The minimum absolute atomic E-state index is 0.0740. The van der Waals surface area contributed by atoms with Crippen LogP contribution in [0.1, 0.15) is 55.2 Å². The summed E-state index contributed by atoms with van der Waals surface area (Å²) in [6.07, 6.45) is 6.92. The van der Waals surface area contributed by atoms with Crippen LogP contribution in [0, 0.1) is 13.8 Å². The summed E-state index contributed by atoms with van der Waals surface area (Å²) in [5.74, 6) is 0.736. The number of unbranched alkanes of at least 4 members (excludes halogenated alkanes) is 2. The standard InChI is InChI=1S/C24H36N4O3S/c1-5-6-7-8-9-22-26-23(29)24(27-22)11-13-28(14-12-24)32(30,31)15-10-21-18(2)16-20(25-4)17-19(21)3/h5,16-17,25H,1,6-15H2,2-4H3,(H,26,27,29). The average Bonchev–Trinajstić information content (AvgIpc) is 3.05. The Kier molecular flexibility index (Phi) is 7.77. The van der Waals surface area contributed by atoms with Crippen LogP contribution >= 0.6 is 0 Å². The van der Waals surface area contributed by atoms with Gasteiger partial charge in [-0.05, 0) is 81.2 Å². The Labute approximate surface area is 192 Å². The number of hydrogen-bond donors (Lipinski definition) is 2. The van der Waals surface area contributed by atoms with Gasteiger partial charge in [-0.25, -0.2) is 12.7 Å². The van der Waals surface area contributed by atoms with E-state index in [0.29, 0.717) is 32.4 Å². The minimum Gasteiger partial charge on any atom is -0.388 e. The number of aryl methyl sites for hydroxylation is 2.